The number of nitrogens with one attached hydrogen (secondary N) is 2. The first kappa shape index (κ1) is 21.1. The van der Waals surface area contributed by atoms with E-state index in [1.807, 2.05) is 12.1 Å². The van der Waals surface area contributed by atoms with Crippen molar-refractivity contribution < 1.29 is 28.8 Å². The summed E-state index contributed by atoms with van der Waals surface area (Å²) in [6.45, 7) is -0.641. The molecule has 0 bridgehead atoms. The number of rotatable bonds is 7. The summed E-state index contributed by atoms with van der Waals surface area (Å²) in [7, 11) is 1.36. The Bertz CT molecular complexity index is 1010. The van der Waals surface area contributed by atoms with Crippen LogP contribution in [0, 0.1) is 10.1 Å². The molecule has 2 aromatic rings. The highest BCUT2D eigenvalue weighted by Gasteiger charge is 2.29. The molecule has 0 radical (unpaired) electrons. The molecule has 1 atom stereocenters. The number of nitrogens with zero attached hydrogens (tertiary/aromatic N) is 1. The second-order valence-electron chi connectivity index (χ2n) is 6.15. The second kappa shape index (κ2) is 9.27. The van der Waals surface area contributed by atoms with E-state index in [0.29, 0.717) is 5.69 Å². The number of para-hydroxylation sites is 1. The lowest BCUT2D eigenvalue weighted by atomic mass is 10.2. The van der Waals surface area contributed by atoms with Gasteiger partial charge in [-0.1, -0.05) is 12.1 Å². The molecule has 1 aliphatic rings. The summed E-state index contributed by atoms with van der Waals surface area (Å²) in [5, 5.41) is 15.5. The van der Waals surface area contributed by atoms with E-state index in [9.17, 15) is 24.5 Å². The van der Waals surface area contributed by atoms with Crippen LogP contribution in [0.4, 0.5) is 17.1 Å². The highest BCUT2D eigenvalue weighted by molar-refractivity contribution is 8.01. The third-order valence-corrected chi connectivity index (χ3v) is 5.37. The Kier molecular flexibility index (Phi) is 6.52. The first-order chi connectivity index (χ1) is 14.4. The standard InChI is InChI=1S/C19H17N3O7S/c1-28-11-6-7-12(14(8-11)22(26)27)20-17(23)10-29-18(24)9-16-19(25)21-13-4-2-3-5-15(13)30-16/h2-8,16H,9-10H2,1H3,(H,20,23)(H,21,25)/t16-/m0/s1. The van der Waals surface area contributed by atoms with E-state index in [2.05, 4.69) is 10.6 Å². The maximum absolute atomic E-state index is 12.1. The fourth-order valence-electron chi connectivity index (χ4n) is 2.66. The van der Waals surface area contributed by atoms with Crippen LogP contribution >= 0.6 is 11.8 Å². The van der Waals surface area contributed by atoms with Crippen molar-refractivity contribution in [3.63, 3.8) is 0 Å². The predicted octanol–water partition coefficient (Wildman–Crippen LogP) is 2.59. The number of hydrogen-bond acceptors (Lipinski definition) is 8. The Morgan fingerprint density at radius 2 is 2.03 bits per heavy atom. The van der Waals surface area contributed by atoms with Gasteiger partial charge in [0.1, 0.15) is 11.4 Å². The largest absolute Gasteiger partial charge is 0.496 e. The molecule has 2 N–H and O–H groups in total. The number of carbonyl (C=O) groups excluding carboxylic acids is 3. The Hall–Kier alpha value is -3.60. The summed E-state index contributed by atoms with van der Waals surface area (Å²) in [6.07, 6.45) is -0.221. The summed E-state index contributed by atoms with van der Waals surface area (Å²) in [5.74, 6) is -1.55. The molecule has 0 fully saturated rings. The highest BCUT2D eigenvalue weighted by atomic mass is 32.2. The monoisotopic (exact) mass is 431 g/mol. The van der Waals surface area contributed by atoms with Crippen molar-refractivity contribution in [2.75, 3.05) is 24.4 Å². The van der Waals surface area contributed by atoms with Gasteiger partial charge >= 0.3 is 5.97 Å². The van der Waals surface area contributed by atoms with Gasteiger partial charge < -0.3 is 20.1 Å². The molecular weight excluding hydrogens is 414 g/mol. The number of anilines is 2. The van der Waals surface area contributed by atoms with Gasteiger partial charge in [-0.25, -0.2) is 0 Å². The number of ether oxygens (including phenoxy) is 2. The molecular formula is C19H17N3O7S. The van der Waals surface area contributed by atoms with E-state index < -0.39 is 28.7 Å². The average Bonchev–Trinajstić information content (AvgIpc) is 2.73. The molecule has 3 rings (SSSR count). The molecule has 0 spiro atoms. The second-order valence-corrected chi connectivity index (χ2v) is 7.39. The van der Waals surface area contributed by atoms with Gasteiger partial charge in [0.2, 0.25) is 5.91 Å². The van der Waals surface area contributed by atoms with E-state index in [4.69, 9.17) is 9.47 Å². The van der Waals surface area contributed by atoms with Gasteiger partial charge in [0.15, 0.2) is 6.61 Å². The van der Waals surface area contributed by atoms with Crippen LogP contribution in [0.25, 0.3) is 0 Å². The zero-order valence-electron chi connectivity index (χ0n) is 15.7. The number of esters is 1. The third-order valence-electron chi connectivity index (χ3n) is 4.10. The lowest BCUT2D eigenvalue weighted by Crippen LogP contribution is -2.32. The number of benzene rings is 2. The normalized spacial score (nSPS) is 14.8. The van der Waals surface area contributed by atoms with Crippen LogP contribution in [0.1, 0.15) is 6.42 Å². The molecule has 11 heteroatoms. The van der Waals surface area contributed by atoms with Crippen molar-refractivity contribution >= 4 is 46.6 Å². The Morgan fingerprint density at radius 1 is 1.27 bits per heavy atom. The Balaban J connectivity index is 1.54. The van der Waals surface area contributed by atoms with Gasteiger partial charge in [-0.05, 0) is 24.3 Å². The zero-order chi connectivity index (χ0) is 21.7. The lowest BCUT2D eigenvalue weighted by Gasteiger charge is -2.23. The molecule has 0 unspecified atom stereocenters. The van der Waals surface area contributed by atoms with E-state index in [0.717, 1.165) is 4.90 Å². The van der Waals surface area contributed by atoms with E-state index in [-0.39, 0.29) is 29.5 Å². The molecule has 156 valence electrons. The number of hydrogen-bond donors (Lipinski definition) is 2. The molecule has 10 nitrogen and oxygen atoms in total. The molecule has 0 aromatic heterocycles. The van der Waals surface area contributed by atoms with Crippen LogP contribution in [0.5, 0.6) is 5.75 Å². The van der Waals surface area contributed by atoms with Crippen LogP contribution in [0.15, 0.2) is 47.4 Å². The fourth-order valence-corrected chi connectivity index (χ4v) is 3.76. The van der Waals surface area contributed by atoms with Crippen molar-refractivity contribution in [3.8, 4) is 5.75 Å². The third kappa shape index (κ3) is 5.06. The molecule has 1 aliphatic heterocycles. The molecule has 2 aromatic carbocycles. The van der Waals surface area contributed by atoms with Crippen molar-refractivity contribution in [2.45, 2.75) is 16.6 Å². The number of nitro groups is 1. The summed E-state index contributed by atoms with van der Waals surface area (Å²) >= 11 is 1.24. The number of amides is 2. The van der Waals surface area contributed by atoms with Crippen LogP contribution in [0.3, 0.4) is 0 Å². The minimum Gasteiger partial charge on any atom is -0.496 e. The van der Waals surface area contributed by atoms with Crippen molar-refractivity contribution in [1.29, 1.82) is 0 Å². The molecule has 0 saturated carbocycles. The number of thioether (sulfide) groups is 1. The van der Waals surface area contributed by atoms with Crippen LogP contribution in [-0.2, 0) is 19.1 Å². The molecule has 2 amide bonds. The minimum absolute atomic E-state index is 0.0549. The zero-order valence-corrected chi connectivity index (χ0v) is 16.6. The summed E-state index contributed by atoms with van der Waals surface area (Å²) in [5.41, 5.74) is 0.265. The lowest BCUT2D eigenvalue weighted by molar-refractivity contribution is -0.384. The van der Waals surface area contributed by atoms with Crippen molar-refractivity contribution in [1.82, 2.24) is 0 Å². The highest BCUT2D eigenvalue weighted by Crippen LogP contribution is 2.36. The summed E-state index contributed by atoms with van der Waals surface area (Å²) < 4.78 is 9.85. The van der Waals surface area contributed by atoms with Crippen molar-refractivity contribution in [2.24, 2.45) is 0 Å². The first-order valence-electron chi connectivity index (χ1n) is 8.72. The van der Waals surface area contributed by atoms with Crippen molar-refractivity contribution in [3.05, 3.63) is 52.6 Å². The van der Waals surface area contributed by atoms with E-state index >= 15 is 0 Å². The van der Waals surface area contributed by atoms with E-state index in [1.165, 1.54) is 37.1 Å². The Labute approximate surface area is 175 Å². The number of methoxy groups -OCH3 is 1. The van der Waals surface area contributed by atoms with Gasteiger partial charge in [0, 0.05) is 4.90 Å². The summed E-state index contributed by atoms with van der Waals surface area (Å²) in [4.78, 5) is 47.6. The van der Waals surface area contributed by atoms with Gasteiger partial charge in [-0.15, -0.1) is 11.8 Å². The minimum atomic E-state index is -0.747. The number of fused-ring (bicyclic) bond motifs is 1. The first-order valence-corrected chi connectivity index (χ1v) is 9.60. The maximum atomic E-state index is 12.1. The number of carbonyl (C=O) groups is 3. The maximum Gasteiger partial charge on any atom is 0.307 e. The molecule has 0 aliphatic carbocycles. The van der Waals surface area contributed by atoms with Crippen LogP contribution < -0.4 is 15.4 Å². The predicted molar refractivity (Wildman–Crippen MR) is 109 cm³/mol. The van der Waals surface area contributed by atoms with Crippen LogP contribution in [0.2, 0.25) is 0 Å². The summed E-state index contributed by atoms with van der Waals surface area (Å²) in [6, 6.07) is 11.1. The molecule has 1 heterocycles. The molecule has 0 saturated heterocycles. The SMILES string of the molecule is COc1ccc(NC(=O)COC(=O)C[C@@H]2Sc3ccccc3NC2=O)c([N+](=O)[O-])c1. The van der Waals surface area contributed by atoms with Gasteiger partial charge in [-0.3, -0.25) is 24.5 Å². The average molecular weight is 431 g/mol. The smallest absolute Gasteiger partial charge is 0.307 e. The van der Waals surface area contributed by atoms with E-state index in [1.54, 1.807) is 12.1 Å². The molecule has 30 heavy (non-hydrogen) atoms. The van der Waals surface area contributed by atoms with Gasteiger partial charge in [0.25, 0.3) is 11.6 Å². The topological polar surface area (TPSA) is 137 Å². The quantitative estimate of drug-likeness (QED) is 0.388. The van der Waals surface area contributed by atoms with Crippen LogP contribution in [-0.4, -0.2) is 41.7 Å². The Morgan fingerprint density at radius 3 is 2.77 bits per heavy atom. The number of nitro benzene ring substituents is 1. The van der Waals surface area contributed by atoms with Gasteiger partial charge in [-0.2, -0.15) is 0 Å². The van der Waals surface area contributed by atoms with Gasteiger partial charge in [0.05, 0.1) is 35.5 Å². The fraction of sp³-hybridized carbons (Fsp3) is 0.211.